The fraction of sp³-hybridized carbons (Fsp3) is 0.765. The molecule has 0 spiro atoms. The topological polar surface area (TPSA) is 58.4 Å². The second-order valence-electron chi connectivity index (χ2n) is 7.23. The Morgan fingerprint density at radius 2 is 2.18 bits per heavy atom. The van der Waals surface area contributed by atoms with Gasteiger partial charge in [-0.15, -0.1) is 0 Å². The highest BCUT2D eigenvalue weighted by Crippen LogP contribution is 2.36. The lowest BCUT2D eigenvalue weighted by Gasteiger charge is -2.38. The predicted molar refractivity (Wildman–Crippen MR) is 84.7 cm³/mol. The first-order valence-corrected chi connectivity index (χ1v) is 8.55. The molecule has 1 aromatic heterocycles. The molecule has 1 amide bonds. The van der Waals surface area contributed by atoms with Gasteiger partial charge in [0, 0.05) is 13.1 Å². The molecule has 0 radical (unpaired) electrons. The summed E-state index contributed by atoms with van der Waals surface area (Å²) in [5.74, 6) is 0.525. The maximum absolute atomic E-state index is 13.1. The Labute approximate surface area is 132 Å². The summed E-state index contributed by atoms with van der Waals surface area (Å²) in [5.41, 5.74) is 1.46. The Kier molecular flexibility index (Phi) is 4.26. The van der Waals surface area contributed by atoms with Gasteiger partial charge in [0.25, 0.3) is 5.91 Å². The molecular formula is C17H27N3O2. The number of hydrogen-bond donors (Lipinski definition) is 1. The molecule has 5 heteroatoms. The van der Waals surface area contributed by atoms with E-state index in [0.717, 1.165) is 62.9 Å². The highest BCUT2D eigenvalue weighted by molar-refractivity contribution is 5.96. The smallest absolute Gasteiger partial charge is 0.257 e. The maximum atomic E-state index is 13.1. The van der Waals surface area contributed by atoms with E-state index in [2.05, 4.69) is 18.9 Å². The molecule has 122 valence electrons. The van der Waals surface area contributed by atoms with E-state index >= 15 is 0 Å². The van der Waals surface area contributed by atoms with Gasteiger partial charge in [-0.05, 0) is 44.4 Å². The van der Waals surface area contributed by atoms with E-state index in [1.165, 1.54) is 0 Å². The van der Waals surface area contributed by atoms with Gasteiger partial charge >= 0.3 is 0 Å². The summed E-state index contributed by atoms with van der Waals surface area (Å²) in [6.07, 6.45) is 7.67. The number of aryl methyl sites for hydroxylation is 1. The van der Waals surface area contributed by atoms with Crippen molar-refractivity contribution >= 4 is 5.91 Å². The summed E-state index contributed by atoms with van der Waals surface area (Å²) in [4.78, 5) is 15.0. The number of carbonyl (C=O) groups is 1. The van der Waals surface area contributed by atoms with Crippen LogP contribution in [0.25, 0.3) is 0 Å². The van der Waals surface area contributed by atoms with Crippen molar-refractivity contribution in [3.8, 4) is 0 Å². The molecule has 2 aliphatic rings. The number of carbonyl (C=O) groups excluding carboxylic acids is 1. The summed E-state index contributed by atoms with van der Waals surface area (Å²) < 4.78 is 1.98. The number of amides is 1. The minimum Gasteiger partial charge on any atom is -0.394 e. The molecule has 0 saturated carbocycles. The third kappa shape index (κ3) is 2.56. The molecule has 1 unspecified atom stereocenters. The fourth-order valence-electron chi connectivity index (χ4n) is 4.20. The van der Waals surface area contributed by atoms with E-state index in [0.29, 0.717) is 5.92 Å². The average molecular weight is 305 g/mol. The van der Waals surface area contributed by atoms with E-state index in [4.69, 9.17) is 0 Å². The van der Waals surface area contributed by atoms with Crippen LogP contribution in [0.15, 0.2) is 6.20 Å². The molecule has 0 aromatic carbocycles. The first kappa shape index (κ1) is 15.5. The van der Waals surface area contributed by atoms with Crippen molar-refractivity contribution in [2.75, 3.05) is 13.2 Å². The highest BCUT2D eigenvalue weighted by atomic mass is 16.3. The van der Waals surface area contributed by atoms with Gasteiger partial charge in [0.1, 0.15) is 0 Å². The highest BCUT2D eigenvalue weighted by Gasteiger charge is 2.44. The molecular weight excluding hydrogens is 278 g/mol. The minimum absolute atomic E-state index is 0.0559. The molecule has 22 heavy (non-hydrogen) atoms. The lowest BCUT2D eigenvalue weighted by molar-refractivity contribution is 0.0331. The van der Waals surface area contributed by atoms with Crippen LogP contribution in [0.4, 0.5) is 0 Å². The number of nitrogens with zero attached hydrogens (tertiary/aromatic N) is 3. The summed E-state index contributed by atoms with van der Waals surface area (Å²) in [5, 5.41) is 14.4. The Hall–Kier alpha value is -1.36. The van der Waals surface area contributed by atoms with Gasteiger partial charge in [-0.3, -0.25) is 9.48 Å². The van der Waals surface area contributed by atoms with Gasteiger partial charge in [-0.1, -0.05) is 13.8 Å². The zero-order valence-corrected chi connectivity index (χ0v) is 13.7. The quantitative estimate of drug-likeness (QED) is 0.928. The second kappa shape index (κ2) is 6.03. The van der Waals surface area contributed by atoms with E-state index in [9.17, 15) is 9.90 Å². The van der Waals surface area contributed by atoms with Crippen LogP contribution >= 0.6 is 0 Å². The number of fused-ring (bicyclic) bond motifs is 1. The summed E-state index contributed by atoms with van der Waals surface area (Å²) in [6.45, 7) is 6.03. The number of likely N-dealkylation sites (tertiary alicyclic amines) is 1. The van der Waals surface area contributed by atoms with E-state index in [1.807, 2.05) is 9.58 Å². The monoisotopic (exact) mass is 305 g/mol. The van der Waals surface area contributed by atoms with Crippen LogP contribution in [-0.2, 0) is 13.0 Å². The Morgan fingerprint density at radius 1 is 1.36 bits per heavy atom. The van der Waals surface area contributed by atoms with Gasteiger partial charge in [-0.25, -0.2) is 0 Å². The number of aliphatic hydroxyl groups is 1. The van der Waals surface area contributed by atoms with Crippen molar-refractivity contribution in [1.29, 1.82) is 0 Å². The lowest BCUT2D eigenvalue weighted by Crippen LogP contribution is -2.51. The van der Waals surface area contributed by atoms with Crippen molar-refractivity contribution in [2.45, 2.75) is 64.5 Å². The van der Waals surface area contributed by atoms with Crippen molar-refractivity contribution in [2.24, 2.45) is 5.92 Å². The number of aliphatic hydroxyl groups excluding tert-OH is 1. The molecule has 1 fully saturated rings. The molecule has 3 rings (SSSR count). The fourth-order valence-corrected chi connectivity index (χ4v) is 4.20. The van der Waals surface area contributed by atoms with E-state index in [1.54, 1.807) is 6.20 Å². The van der Waals surface area contributed by atoms with Gasteiger partial charge < -0.3 is 10.0 Å². The van der Waals surface area contributed by atoms with Crippen molar-refractivity contribution in [3.05, 3.63) is 17.5 Å². The zero-order chi connectivity index (χ0) is 15.7. The Balaban J connectivity index is 1.89. The largest absolute Gasteiger partial charge is 0.394 e. The SMILES string of the molecule is CC(C)CC1(CO)CCCN1C(=O)c1cnn2c1CCCC2. The standard InChI is InChI=1S/C17H27N3O2/c1-13(2)10-17(12-21)7-5-8-19(17)16(22)14-11-18-20-9-4-3-6-15(14)20/h11,13,21H,3-10,12H2,1-2H3. The van der Waals surface area contributed by atoms with Crippen LogP contribution in [-0.4, -0.2) is 44.4 Å². The van der Waals surface area contributed by atoms with Crippen molar-refractivity contribution in [1.82, 2.24) is 14.7 Å². The van der Waals surface area contributed by atoms with Gasteiger partial charge in [0.05, 0.1) is 29.6 Å². The van der Waals surface area contributed by atoms with Crippen LogP contribution in [0.5, 0.6) is 0 Å². The lowest BCUT2D eigenvalue weighted by atomic mass is 9.86. The summed E-state index contributed by atoms with van der Waals surface area (Å²) in [6, 6.07) is 0. The molecule has 0 bridgehead atoms. The van der Waals surface area contributed by atoms with Crippen LogP contribution < -0.4 is 0 Å². The first-order valence-electron chi connectivity index (χ1n) is 8.55. The van der Waals surface area contributed by atoms with Gasteiger partial charge in [0.15, 0.2) is 0 Å². The van der Waals surface area contributed by atoms with Crippen LogP contribution in [0.3, 0.4) is 0 Å². The second-order valence-corrected chi connectivity index (χ2v) is 7.23. The van der Waals surface area contributed by atoms with Crippen LogP contribution in [0.1, 0.15) is 62.0 Å². The van der Waals surface area contributed by atoms with Crippen molar-refractivity contribution < 1.29 is 9.90 Å². The van der Waals surface area contributed by atoms with Crippen LogP contribution in [0, 0.1) is 5.92 Å². The Morgan fingerprint density at radius 3 is 2.91 bits per heavy atom. The average Bonchev–Trinajstić information content (AvgIpc) is 3.10. The number of rotatable bonds is 4. The first-order chi connectivity index (χ1) is 10.6. The molecule has 0 aliphatic carbocycles. The summed E-state index contributed by atoms with van der Waals surface area (Å²) in [7, 11) is 0. The predicted octanol–water partition coefficient (Wildman–Crippen LogP) is 2.23. The van der Waals surface area contributed by atoms with E-state index in [-0.39, 0.29) is 18.1 Å². The van der Waals surface area contributed by atoms with Crippen molar-refractivity contribution in [3.63, 3.8) is 0 Å². The molecule has 5 nitrogen and oxygen atoms in total. The summed E-state index contributed by atoms with van der Waals surface area (Å²) >= 11 is 0. The van der Waals surface area contributed by atoms with E-state index < -0.39 is 0 Å². The molecule has 1 N–H and O–H groups in total. The van der Waals surface area contributed by atoms with Gasteiger partial charge in [0.2, 0.25) is 0 Å². The third-order valence-corrected chi connectivity index (χ3v) is 5.14. The third-order valence-electron chi connectivity index (χ3n) is 5.14. The molecule has 2 aliphatic heterocycles. The van der Waals surface area contributed by atoms with Gasteiger partial charge in [-0.2, -0.15) is 5.10 Å². The number of hydrogen-bond acceptors (Lipinski definition) is 3. The molecule has 1 saturated heterocycles. The normalized spacial score (nSPS) is 24.8. The minimum atomic E-state index is -0.380. The zero-order valence-electron chi connectivity index (χ0n) is 13.7. The molecule has 1 aromatic rings. The molecule has 1 atom stereocenters. The molecule has 3 heterocycles. The maximum Gasteiger partial charge on any atom is 0.257 e. The Bertz CT molecular complexity index is 552. The number of aromatic nitrogens is 2. The van der Waals surface area contributed by atoms with Crippen LogP contribution in [0.2, 0.25) is 0 Å².